The molecule has 2 aromatic rings. The molecule has 0 N–H and O–H groups in total. The molecule has 1 aromatic heterocycles. The molecule has 34 heavy (non-hydrogen) atoms. The molecule has 0 saturated carbocycles. The number of hydrogen-bond acceptors (Lipinski definition) is 5. The molecule has 2 aliphatic carbocycles. The summed E-state index contributed by atoms with van der Waals surface area (Å²) in [6, 6.07) is 9.89. The largest absolute Gasteiger partial charge is 0.496 e. The van der Waals surface area contributed by atoms with Crippen LogP contribution >= 0.6 is 11.3 Å². The molecule has 5 rings (SSSR count). The summed E-state index contributed by atoms with van der Waals surface area (Å²) in [7, 11) is 1.57. The van der Waals surface area contributed by atoms with Gasteiger partial charge in [-0.25, -0.2) is 0 Å². The van der Waals surface area contributed by atoms with Crippen molar-refractivity contribution in [2.24, 2.45) is 0 Å². The third kappa shape index (κ3) is 3.20. The highest BCUT2D eigenvalue weighted by molar-refractivity contribution is 7.17. The van der Waals surface area contributed by atoms with Crippen molar-refractivity contribution in [3.63, 3.8) is 0 Å². The number of ether oxygens (including phenoxy) is 1. The molecule has 0 radical (unpaired) electrons. The summed E-state index contributed by atoms with van der Waals surface area (Å²) >= 11 is 1.61. The van der Waals surface area contributed by atoms with Gasteiger partial charge in [-0.1, -0.05) is 48.1 Å². The van der Waals surface area contributed by atoms with Gasteiger partial charge in [0.25, 0.3) is 11.8 Å². The summed E-state index contributed by atoms with van der Waals surface area (Å²) in [6.07, 6.45) is 10.4. The number of hydrogen-bond donors (Lipinski definition) is 0. The van der Waals surface area contributed by atoms with Gasteiger partial charge in [-0.15, -0.1) is 11.3 Å². The summed E-state index contributed by atoms with van der Waals surface area (Å²) in [5.41, 5.74) is 4.24. The summed E-state index contributed by atoms with van der Waals surface area (Å²) in [5.74, 6) is -0.347. The predicted molar refractivity (Wildman–Crippen MR) is 134 cm³/mol. The molecular weight excluding hydrogens is 444 g/mol. The van der Waals surface area contributed by atoms with E-state index in [1.54, 1.807) is 18.4 Å². The molecule has 6 heteroatoms. The number of thiophene rings is 1. The number of fused-ring (bicyclic) bond motifs is 1. The highest BCUT2D eigenvalue weighted by Gasteiger charge is 2.44. The fraction of sp³-hybridized carbons (Fsp3) is 0.179. The third-order valence-corrected chi connectivity index (χ3v) is 7.59. The molecule has 1 saturated heterocycles. The average Bonchev–Trinajstić information content (AvgIpc) is 3.37. The first-order valence-corrected chi connectivity index (χ1v) is 11.8. The topological polar surface area (TPSA) is 70.4 Å². The lowest BCUT2D eigenvalue weighted by Crippen LogP contribution is -2.32. The first-order chi connectivity index (χ1) is 16.5. The van der Waals surface area contributed by atoms with Gasteiger partial charge < -0.3 is 4.74 Å². The Labute approximate surface area is 201 Å². The minimum absolute atomic E-state index is 0.304. The van der Waals surface area contributed by atoms with Gasteiger partial charge in [0.05, 0.1) is 24.3 Å². The highest BCUT2D eigenvalue weighted by atomic mass is 32.1. The van der Waals surface area contributed by atoms with Crippen molar-refractivity contribution >= 4 is 44.4 Å². The Bertz CT molecular complexity index is 1600. The van der Waals surface area contributed by atoms with Crippen molar-refractivity contribution in [2.45, 2.75) is 20.3 Å². The lowest BCUT2D eigenvalue weighted by Gasteiger charge is -2.12. The minimum atomic E-state index is -0.458. The first kappa shape index (κ1) is 21.9. The van der Waals surface area contributed by atoms with Gasteiger partial charge in [0.15, 0.2) is 0 Å². The zero-order valence-corrected chi connectivity index (χ0v) is 20.0. The molecule has 0 spiro atoms. The summed E-state index contributed by atoms with van der Waals surface area (Å²) in [4.78, 5) is 28.6. The number of benzene rings is 1. The van der Waals surface area contributed by atoms with E-state index in [0.29, 0.717) is 28.9 Å². The van der Waals surface area contributed by atoms with Crippen LogP contribution in [-0.2, 0) is 14.3 Å². The number of amides is 2. The van der Waals surface area contributed by atoms with Gasteiger partial charge in [-0.2, -0.15) is 5.26 Å². The van der Waals surface area contributed by atoms with Crippen LogP contribution in [0, 0.1) is 11.3 Å². The van der Waals surface area contributed by atoms with Gasteiger partial charge in [0.1, 0.15) is 12.3 Å². The van der Waals surface area contributed by atoms with E-state index in [9.17, 15) is 14.9 Å². The Morgan fingerprint density at radius 3 is 2.62 bits per heavy atom. The Hall–Kier alpha value is -3.95. The normalized spacial score (nSPS) is 21.2. The molecular formula is C28H22N2O3S. The van der Waals surface area contributed by atoms with E-state index in [1.807, 2.05) is 74.6 Å². The maximum atomic E-state index is 13.8. The molecule has 0 unspecified atom stereocenters. The Balaban J connectivity index is 2.01. The first-order valence-electron chi connectivity index (χ1n) is 11.0. The number of carbonyl (C=O) groups excluding carboxylic acids is 2. The fourth-order valence-corrected chi connectivity index (χ4v) is 5.89. The van der Waals surface area contributed by atoms with Crippen molar-refractivity contribution in [3.8, 4) is 6.07 Å². The predicted octanol–water partition coefficient (Wildman–Crippen LogP) is 3.79. The SMILES string of the molecule is COC1=CC2=C(CC=CC=C2)/C1=C1\C(=O)N(CC#N)C(=O)\C1=c1\c(=C(C)C)sc2ccccc12. The van der Waals surface area contributed by atoms with Crippen LogP contribution in [-0.4, -0.2) is 30.4 Å². The Kier molecular flexibility index (Phi) is 5.43. The summed E-state index contributed by atoms with van der Waals surface area (Å²) in [5, 5.41) is 11.1. The maximum absolute atomic E-state index is 13.8. The number of carbonyl (C=O) groups is 2. The van der Waals surface area contributed by atoms with Gasteiger partial charge in [0.2, 0.25) is 0 Å². The van der Waals surface area contributed by atoms with Gasteiger partial charge >= 0.3 is 0 Å². The molecule has 3 aliphatic rings. The van der Waals surface area contributed by atoms with Crippen molar-refractivity contribution in [3.05, 3.63) is 92.4 Å². The molecule has 168 valence electrons. The van der Waals surface area contributed by atoms with Crippen LogP contribution in [0.15, 0.2) is 82.7 Å². The van der Waals surface area contributed by atoms with Gasteiger partial charge in [0, 0.05) is 25.4 Å². The fourth-order valence-electron chi connectivity index (χ4n) is 4.72. The van der Waals surface area contributed by atoms with Crippen molar-refractivity contribution < 1.29 is 14.3 Å². The summed E-state index contributed by atoms with van der Waals surface area (Å²) in [6.45, 7) is 3.71. The zero-order chi connectivity index (χ0) is 24.0. The lowest BCUT2D eigenvalue weighted by molar-refractivity contribution is -0.135. The summed E-state index contributed by atoms with van der Waals surface area (Å²) < 4.78 is 7.72. The van der Waals surface area contributed by atoms with Crippen LogP contribution in [0.2, 0.25) is 0 Å². The maximum Gasteiger partial charge on any atom is 0.263 e. The lowest BCUT2D eigenvalue weighted by atomic mass is 9.92. The van der Waals surface area contributed by atoms with Crippen LogP contribution in [0.4, 0.5) is 0 Å². The molecule has 0 bridgehead atoms. The van der Waals surface area contributed by atoms with Gasteiger partial charge in [-0.3, -0.25) is 14.5 Å². The van der Waals surface area contributed by atoms with Crippen molar-refractivity contribution in [1.82, 2.24) is 4.90 Å². The van der Waals surface area contributed by atoms with Crippen molar-refractivity contribution in [2.75, 3.05) is 13.7 Å². The van der Waals surface area contributed by atoms with E-state index in [1.165, 1.54) is 0 Å². The van der Waals surface area contributed by atoms with E-state index < -0.39 is 11.8 Å². The van der Waals surface area contributed by atoms with E-state index >= 15 is 0 Å². The van der Waals surface area contributed by atoms with Crippen molar-refractivity contribution in [1.29, 1.82) is 5.26 Å². The monoisotopic (exact) mass is 466 g/mol. The number of allylic oxidation sites excluding steroid dienone is 7. The Morgan fingerprint density at radius 2 is 1.88 bits per heavy atom. The molecule has 1 fully saturated rings. The second kappa shape index (κ2) is 8.44. The molecule has 2 amide bonds. The smallest absolute Gasteiger partial charge is 0.263 e. The Morgan fingerprint density at radius 1 is 1.12 bits per heavy atom. The molecule has 0 atom stereocenters. The second-order valence-electron chi connectivity index (χ2n) is 8.42. The van der Waals surface area contributed by atoms with Crippen LogP contribution < -0.4 is 9.75 Å². The van der Waals surface area contributed by atoms with Crippen LogP contribution in [0.5, 0.6) is 0 Å². The number of nitrogens with zero attached hydrogens (tertiary/aromatic N) is 2. The number of rotatable bonds is 2. The number of likely N-dealkylation sites (tertiary alicyclic amines) is 1. The standard InChI is InChI=1S/C28H22N2O3S/c1-16(2)26-23(19-11-7-8-12-21(19)34-26)25-24(27(31)30(14-13-29)28(25)32)22-18-10-6-4-5-9-17(18)15-20(22)33-3/h4-9,11-12,15H,10,14H2,1-3H3/b24-22+,25-23+. The van der Waals surface area contributed by atoms with E-state index in [0.717, 1.165) is 41.5 Å². The minimum Gasteiger partial charge on any atom is -0.496 e. The molecule has 1 aliphatic heterocycles. The van der Waals surface area contributed by atoms with Gasteiger partial charge in [-0.05, 0) is 43.6 Å². The molecule has 1 aromatic carbocycles. The zero-order valence-electron chi connectivity index (χ0n) is 19.1. The number of nitriles is 1. The highest BCUT2D eigenvalue weighted by Crippen LogP contribution is 2.42. The third-order valence-electron chi connectivity index (χ3n) is 6.19. The number of methoxy groups -OCH3 is 1. The van der Waals surface area contributed by atoms with E-state index in [2.05, 4.69) is 0 Å². The molecule has 2 heterocycles. The average molecular weight is 467 g/mol. The quantitative estimate of drug-likeness (QED) is 0.384. The van der Waals surface area contributed by atoms with Crippen LogP contribution in [0.1, 0.15) is 20.3 Å². The number of imide groups is 1. The van der Waals surface area contributed by atoms with E-state index in [4.69, 9.17) is 4.74 Å². The molecule has 5 nitrogen and oxygen atoms in total. The van der Waals surface area contributed by atoms with E-state index in [-0.39, 0.29) is 6.54 Å². The van der Waals surface area contributed by atoms with Crippen LogP contribution in [0.3, 0.4) is 0 Å². The van der Waals surface area contributed by atoms with Crippen LogP contribution in [0.25, 0.3) is 21.2 Å². The second-order valence-corrected chi connectivity index (χ2v) is 9.47.